The standard InChI is InChI=1S/C14H12ClN3O3/c15-11-6-8(16)4-5-12(11)18-14(21)13(20)17-9-2-1-3-10(19)7-9/h1-7,19H,16H2,(H,17,20)(H,18,21). The lowest BCUT2D eigenvalue weighted by Gasteiger charge is -2.08. The second-order valence-electron chi connectivity index (χ2n) is 4.20. The summed E-state index contributed by atoms with van der Waals surface area (Å²) in [6, 6.07) is 10.4. The van der Waals surface area contributed by atoms with E-state index >= 15 is 0 Å². The summed E-state index contributed by atoms with van der Waals surface area (Å²) in [6.07, 6.45) is 0. The number of halogens is 1. The molecule has 108 valence electrons. The van der Waals surface area contributed by atoms with Crippen molar-refractivity contribution in [2.75, 3.05) is 16.4 Å². The van der Waals surface area contributed by atoms with E-state index in [4.69, 9.17) is 17.3 Å². The van der Waals surface area contributed by atoms with E-state index in [1.54, 1.807) is 18.2 Å². The van der Waals surface area contributed by atoms with Crippen LogP contribution in [-0.4, -0.2) is 16.9 Å². The Morgan fingerprint density at radius 2 is 1.76 bits per heavy atom. The molecule has 2 amide bonds. The van der Waals surface area contributed by atoms with Gasteiger partial charge in [-0.05, 0) is 30.3 Å². The van der Waals surface area contributed by atoms with Crippen LogP contribution in [0.3, 0.4) is 0 Å². The van der Waals surface area contributed by atoms with Gasteiger partial charge in [-0.3, -0.25) is 9.59 Å². The van der Waals surface area contributed by atoms with Gasteiger partial charge in [0.15, 0.2) is 0 Å². The van der Waals surface area contributed by atoms with Crippen LogP contribution < -0.4 is 16.4 Å². The van der Waals surface area contributed by atoms with Crippen LogP contribution in [0.1, 0.15) is 0 Å². The Hall–Kier alpha value is -2.73. The van der Waals surface area contributed by atoms with Gasteiger partial charge in [-0.15, -0.1) is 0 Å². The fourth-order valence-electron chi connectivity index (χ4n) is 1.58. The first-order valence-corrected chi connectivity index (χ1v) is 6.30. The number of benzene rings is 2. The molecular weight excluding hydrogens is 294 g/mol. The molecule has 2 aromatic rings. The third kappa shape index (κ3) is 3.87. The quantitative estimate of drug-likeness (QED) is 0.504. The lowest BCUT2D eigenvalue weighted by Crippen LogP contribution is -2.29. The normalized spacial score (nSPS) is 9.95. The molecule has 0 bridgehead atoms. The molecule has 0 radical (unpaired) electrons. The number of rotatable bonds is 2. The average Bonchev–Trinajstić information content (AvgIpc) is 2.41. The van der Waals surface area contributed by atoms with Gasteiger partial charge < -0.3 is 21.5 Å². The van der Waals surface area contributed by atoms with Crippen molar-refractivity contribution in [3.05, 3.63) is 47.5 Å². The highest BCUT2D eigenvalue weighted by Gasteiger charge is 2.15. The first-order valence-electron chi connectivity index (χ1n) is 5.92. The number of anilines is 3. The van der Waals surface area contributed by atoms with Crippen LogP contribution in [0.4, 0.5) is 17.1 Å². The molecule has 0 saturated carbocycles. The highest BCUT2D eigenvalue weighted by molar-refractivity contribution is 6.44. The van der Waals surface area contributed by atoms with Crippen LogP contribution in [0.5, 0.6) is 5.75 Å². The lowest BCUT2D eigenvalue weighted by atomic mass is 10.2. The van der Waals surface area contributed by atoms with Crippen molar-refractivity contribution < 1.29 is 14.7 Å². The molecule has 0 fully saturated rings. The van der Waals surface area contributed by atoms with Crippen molar-refractivity contribution in [2.24, 2.45) is 0 Å². The van der Waals surface area contributed by atoms with Crippen molar-refractivity contribution in [1.29, 1.82) is 0 Å². The average molecular weight is 306 g/mol. The Morgan fingerprint density at radius 3 is 2.43 bits per heavy atom. The molecule has 0 aliphatic rings. The summed E-state index contributed by atoms with van der Waals surface area (Å²) in [4.78, 5) is 23.5. The third-order valence-electron chi connectivity index (χ3n) is 2.55. The number of phenolic OH excluding ortho intramolecular Hbond substituents is 1. The number of carbonyl (C=O) groups is 2. The van der Waals surface area contributed by atoms with Crippen LogP contribution in [0, 0.1) is 0 Å². The number of hydrogen-bond donors (Lipinski definition) is 4. The third-order valence-corrected chi connectivity index (χ3v) is 2.86. The zero-order chi connectivity index (χ0) is 15.4. The highest BCUT2D eigenvalue weighted by atomic mass is 35.5. The van der Waals surface area contributed by atoms with Gasteiger partial charge in [-0.25, -0.2) is 0 Å². The number of aromatic hydroxyl groups is 1. The molecule has 0 heterocycles. The van der Waals surface area contributed by atoms with Crippen LogP contribution >= 0.6 is 11.6 Å². The second kappa shape index (κ2) is 6.15. The molecule has 0 spiro atoms. The monoisotopic (exact) mass is 305 g/mol. The van der Waals surface area contributed by atoms with Gasteiger partial charge in [0.2, 0.25) is 0 Å². The summed E-state index contributed by atoms with van der Waals surface area (Å²) in [5, 5.41) is 14.2. The summed E-state index contributed by atoms with van der Waals surface area (Å²) in [7, 11) is 0. The van der Waals surface area contributed by atoms with E-state index in [0.29, 0.717) is 11.4 Å². The summed E-state index contributed by atoms with van der Waals surface area (Å²) >= 11 is 5.90. The Kier molecular flexibility index (Phi) is 4.30. The van der Waals surface area contributed by atoms with Gasteiger partial charge in [-0.1, -0.05) is 17.7 Å². The van der Waals surface area contributed by atoms with E-state index in [1.165, 1.54) is 24.3 Å². The van der Waals surface area contributed by atoms with Crippen LogP contribution in [-0.2, 0) is 9.59 Å². The zero-order valence-corrected chi connectivity index (χ0v) is 11.5. The van der Waals surface area contributed by atoms with Crippen LogP contribution in [0.25, 0.3) is 0 Å². The van der Waals surface area contributed by atoms with Crippen molar-refractivity contribution in [3.63, 3.8) is 0 Å². The molecular formula is C14H12ClN3O3. The molecule has 7 heteroatoms. The number of nitrogens with two attached hydrogens (primary N) is 1. The van der Waals surface area contributed by atoms with E-state index in [0.717, 1.165) is 0 Å². The smallest absolute Gasteiger partial charge is 0.314 e. The fourth-order valence-corrected chi connectivity index (χ4v) is 1.82. The van der Waals surface area contributed by atoms with Gasteiger partial charge in [0, 0.05) is 17.4 Å². The number of amides is 2. The molecule has 0 unspecified atom stereocenters. The van der Waals surface area contributed by atoms with E-state index in [-0.39, 0.29) is 16.5 Å². The maximum atomic E-state index is 11.8. The molecule has 0 aliphatic carbocycles. The van der Waals surface area contributed by atoms with Crippen molar-refractivity contribution in [2.45, 2.75) is 0 Å². The largest absolute Gasteiger partial charge is 0.508 e. The number of nitrogen functional groups attached to an aromatic ring is 1. The fraction of sp³-hybridized carbons (Fsp3) is 0. The van der Waals surface area contributed by atoms with Gasteiger partial charge in [0.05, 0.1) is 10.7 Å². The van der Waals surface area contributed by atoms with Crippen LogP contribution in [0.2, 0.25) is 5.02 Å². The first-order chi connectivity index (χ1) is 9.95. The zero-order valence-electron chi connectivity index (χ0n) is 10.8. The Bertz CT molecular complexity index is 704. The maximum Gasteiger partial charge on any atom is 0.314 e. The van der Waals surface area contributed by atoms with Crippen molar-refractivity contribution in [3.8, 4) is 5.75 Å². The molecule has 2 aromatic carbocycles. The summed E-state index contributed by atoms with van der Waals surface area (Å²) in [5.41, 5.74) is 6.56. The van der Waals surface area contributed by atoms with E-state index in [2.05, 4.69) is 10.6 Å². The minimum atomic E-state index is -0.884. The molecule has 0 atom stereocenters. The molecule has 0 saturated heterocycles. The molecule has 21 heavy (non-hydrogen) atoms. The summed E-state index contributed by atoms with van der Waals surface area (Å²) < 4.78 is 0. The molecule has 2 rings (SSSR count). The predicted molar refractivity (Wildman–Crippen MR) is 81.2 cm³/mol. The number of hydrogen-bond acceptors (Lipinski definition) is 4. The van der Waals surface area contributed by atoms with Gasteiger partial charge in [-0.2, -0.15) is 0 Å². The highest BCUT2D eigenvalue weighted by Crippen LogP contribution is 2.24. The number of nitrogens with one attached hydrogen (secondary N) is 2. The maximum absolute atomic E-state index is 11.8. The minimum Gasteiger partial charge on any atom is -0.508 e. The summed E-state index contributed by atoms with van der Waals surface area (Å²) in [6.45, 7) is 0. The van der Waals surface area contributed by atoms with Gasteiger partial charge in [0.25, 0.3) is 0 Å². The lowest BCUT2D eigenvalue weighted by molar-refractivity contribution is -0.132. The molecule has 6 nitrogen and oxygen atoms in total. The van der Waals surface area contributed by atoms with E-state index in [9.17, 15) is 14.7 Å². The molecule has 5 N–H and O–H groups in total. The van der Waals surface area contributed by atoms with Crippen LogP contribution in [0.15, 0.2) is 42.5 Å². The SMILES string of the molecule is Nc1ccc(NC(=O)C(=O)Nc2cccc(O)c2)c(Cl)c1. The molecule has 0 aliphatic heterocycles. The Morgan fingerprint density at radius 1 is 1.05 bits per heavy atom. The minimum absolute atomic E-state index is 0.0187. The Labute approximate surface area is 125 Å². The van der Waals surface area contributed by atoms with E-state index in [1.807, 2.05) is 0 Å². The molecule has 0 aromatic heterocycles. The van der Waals surface area contributed by atoms with Gasteiger partial charge in [0.1, 0.15) is 5.75 Å². The first kappa shape index (κ1) is 14.7. The number of phenols is 1. The van der Waals surface area contributed by atoms with Gasteiger partial charge >= 0.3 is 11.8 Å². The van der Waals surface area contributed by atoms with Crippen molar-refractivity contribution >= 4 is 40.5 Å². The Balaban J connectivity index is 2.04. The van der Waals surface area contributed by atoms with E-state index < -0.39 is 11.8 Å². The second-order valence-corrected chi connectivity index (χ2v) is 4.61. The predicted octanol–water partition coefficient (Wildman–Crippen LogP) is 2.21. The topological polar surface area (TPSA) is 104 Å². The summed E-state index contributed by atoms with van der Waals surface area (Å²) in [5.74, 6) is -1.78. The van der Waals surface area contributed by atoms with Crippen molar-refractivity contribution in [1.82, 2.24) is 0 Å². The number of carbonyl (C=O) groups excluding carboxylic acids is 2.